The lowest BCUT2D eigenvalue weighted by Gasteiger charge is -2.30. The molecule has 10 heteroatoms. The molecule has 1 aromatic carbocycles. The van der Waals surface area contributed by atoms with Gasteiger partial charge in [-0.25, -0.2) is 9.37 Å². The molecule has 3 rings (SSSR count). The van der Waals surface area contributed by atoms with E-state index in [1.165, 1.54) is 23.5 Å². The molecular formula is C21H26FN5O3S. The molecule has 8 nitrogen and oxygen atoms in total. The summed E-state index contributed by atoms with van der Waals surface area (Å²) >= 11 is 1.41. The summed E-state index contributed by atoms with van der Waals surface area (Å²) in [5.41, 5.74) is 6.54. The average Bonchev–Trinajstić information content (AvgIpc) is 3.16. The van der Waals surface area contributed by atoms with Crippen molar-refractivity contribution in [2.24, 2.45) is 5.92 Å². The lowest BCUT2D eigenvalue weighted by molar-refractivity contribution is -0.130. The van der Waals surface area contributed by atoms with Gasteiger partial charge in [-0.3, -0.25) is 30.1 Å². The van der Waals surface area contributed by atoms with E-state index >= 15 is 0 Å². The predicted molar refractivity (Wildman–Crippen MR) is 114 cm³/mol. The summed E-state index contributed by atoms with van der Waals surface area (Å²) in [5.74, 6) is -1.07. The predicted octanol–water partition coefficient (Wildman–Crippen LogP) is 1.31. The maximum atomic E-state index is 12.9. The van der Waals surface area contributed by atoms with Gasteiger partial charge in [-0.1, -0.05) is 12.1 Å². The number of halogens is 1. The van der Waals surface area contributed by atoms with Gasteiger partial charge in [-0.05, 0) is 50.6 Å². The minimum Gasteiger partial charge on any atom is -0.352 e. The van der Waals surface area contributed by atoms with E-state index in [2.05, 4.69) is 21.2 Å². The van der Waals surface area contributed by atoms with Crippen LogP contribution in [0.3, 0.4) is 0 Å². The Labute approximate surface area is 184 Å². The third-order valence-corrected chi connectivity index (χ3v) is 5.99. The van der Waals surface area contributed by atoms with E-state index < -0.39 is 0 Å². The van der Waals surface area contributed by atoms with Crippen LogP contribution in [0, 0.1) is 18.7 Å². The molecule has 1 aliphatic heterocycles. The average molecular weight is 448 g/mol. The highest BCUT2D eigenvalue weighted by atomic mass is 32.1. The topological polar surface area (TPSA) is 103 Å². The van der Waals surface area contributed by atoms with Crippen molar-refractivity contribution in [1.82, 2.24) is 26.1 Å². The molecular weight excluding hydrogens is 421 g/mol. The summed E-state index contributed by atoms with van der Waals surface area (Å²) < 4.78 is 12.9. The van der Waals surface area contributed by atoms with Crippen molar-refractivity contribution in [1.29, 1.82) is 0 Å². The molecule has 0 unspecified atom stereocenters. The zero-order valence-electron chi connectivity index (χ0n) is 17.3. The van der Waals surface area contributed by atoms with E-state index in [1.807, 2.05) is 17.2 Å². The number of hydrogen-bond acceptors (Lipinski definition) is 6. The first-order valence-corrected chi connectivity index (χ1v) is 11.0. The van der Waals surface area contributed by atoms with Gasteiger partial charge >= 0.3 is 0 Å². The second-order valence-electron chi connectivity index (χ2n) is 7.55. The molecule has 0 bridgehead atoms. The molecule has 3 amide bonds. The van der Waals surface area contributed by atoms with Crippen LogP contribution < -0.4 is 16.2 Å². The van der Waals surface area contributed by atoms with Crippen molar-refractivity contribution >= 4 is 29.1 Å². The van der Waals surface area contributed by atoms with Crippen molar-refractivity contribution in [2.75, 3.05) is 19.6 Å². The number of nitrogens with zero attached hydrogens (tertiary/aromatic N) is 2. The minimum atomic E-state index is -0.320. The van der Waals surface area contributed by atoms with Crippen molar-refractivity contribution in [3.63, 3.8) is 0 Å². The molecule has 1 aromatic heterocycles. The standard InChI is InChI=1S/C21H26FN5O3S/c1-14-13-31-20(24-14)10-18(28)25-26-19(29)12-27-8-6-16(7-9-27)21(30)23-11-15-2-4-17(22)5-3-15/h2-5,13,16H,6-12H2,1H3,(H,23,30)(H,25,28)(H,26,29). The number of rotatable bonds is 7. The molecule has 1 fully saturated rings. The summed E-state index contributed by atoms with van der Waals surface area (Å²) in [6, 6.07) is 6.03. The van der Waals surface area contributed by atoms with Crippen LogP contribution in [0.15, 0.2) is 29.6 Å². The van der Waals surface area contributed by atoms with Gasteiger partial charge in [0.15, 0.2) is 0 Å². The van der Waals surface area contributed by atoms with Gasteiger partial charge in [0.05, 0.1) is 13.0 Å². The van der Waals surface area contributed by atoms with Gasteiger partial charge in [-0.2, -0.15) is 0 Å². The molecule has 31 heavy (non-hydrogen) atoms. The highest BCUT2D eigenvalue weighted by molar-refractivity contribution is 7.09. The van der Waals surface area contributed by atoms with Crippen LogP contribution >= 0.6 is 11.3 Å². The Bertz CT molecular complexity index is 910. The van der Waals surface area contributed by atoms with Crippen molar-refractivity contribution in [2.45, 2.75) is 32.7 Å². The Hall–Kier alpha value is -2.85. The fraction of sp³-hybridized carbons (Fsp3) is 0.429. The number of hydrogen-bond donors (Lipinski definition) is 3. The van der Waals surface area contributed by atoms with E-state index in [1.54, 1.807) is 12.1 Å². The van der Waals surface area contributed by atoms with Gasteiger partial charge in [-0.15, -0.1) is 11.3 Å². The monoisotopic (exact) mass is 447 g/mol. The Balaban J connectivity index is 1.31. The first-order valence-electron chi connectivity index (χ1n) is 10.1. The molecule has 0 atom stereocenters. The molecule has 0 spiro atoms. The van der Waals surface area contributed by atoms with Gasteiger partial charge in [0, 0.05) is 23.5 Å². The molecule has 166 valence electrons. The second kappa shape index (κ2) is 11.0. The fourth-order valence-corrected chi connectivity index (χ4v) is 4.11. The molecule has 0 aliphatic carbocycles. The number of amides is 3. The normalized spacial score (nSPS) is 14.8. The smallest absolute Gasteiger partial charge is 0.252 e. The van der Waals surface area contributed by atoms with Gasteiger partial charge in [0.2, 0.25) is 11.8 Å². The Morgan fingerprint density at radius 1 is 1.13 bits per heavy atom. The van der Waals surface area contributed by atoms with E-state index in [4.69, 9.17) is 0 Å². The lowest BCUT2D eigenvalue weighted by Crippen LogP contribution is -2.49. The highest BCUT2D eigenvalue weighted by Gasteiger charge is 2.25. The first-order chi connectivity index (χ1) is 14.9. The molecule has 0 radical (unpaired) electrons. The first kappa shape index (κ1) is 22.8. The highest BCUT2D eigenvalue weighted by Crippen LogP contribution is 2.17. The second-order valence-corrected chi connectivity index (χ2v) is 8.49. The van der Waals surface area contributed by atoms with Crippen LogP contribution in [0.2, 0.25) is 0 Å². The van der Waals surface area contributed by atoms with Crippen LogP contribution in [-0.2, 0) is 27.3 Å². The molecule has 0 saturated carbocycles. The van der Waals surface area contributed by atoms with E-state index in [0.717, 1.165) is 11.3 Å². The number of aromatic nitrogens is 1. The SMILES string of the molecule is Cc1csc(CC(=O)NNC(=O)CN2CCC(C(=O)NCc3ccc(F)cc3)CC2)n1. The summed E-state index contributed by atoms with van der Waals surface area (Å²) in [6.07, 6.45) is 1.42. The zero-order valence-corrected chi connectivity index (χ0v) is 18.1. The van der Waals surface area contributed by atoms with Crippen LogP contribution in [0.4, 0.5) is 4.39 Å². The van der Waals surface area contributed by atoms with Crippen LogP contribution in [-0.4, -0.2) is 47.2 Å². The summed E-state index contributed by atoms with van der Waals surface area (Å²) in [7, 11) is 0. The summed E-state index contributed by atoms with van der Waals surface area (Å²) in [6.45, 7) is 3.61. The van der Waals surface area contributed by atoms with Crippen LogP contribution in [0.25, 0.3) is 0 Å². The maximum Gasteiger partial charge on any atom is 0.252 e. The number of piperidine rings is 1. The third kappa shape index (κ3) is 7.41. The van der Waals surface area contributed by atoms with E-state index in [-0.39, 0.29) is 42.4 Å². The van der Waals surface area contributed by atoms with Crippen molar-refractivity contribution < 1.29 is 18.8 Å². The number of aryl methyl sites for hydroxylation is 1. The van der Waals surface area contributed by atoms with Gasteiger partial charge in [0.1, 0.15) is 10.8 Å². The molecule has 2 aromatic rings. The van der Waals surface area contributed by atoms with Crippen molar-refractivity contribution in [3.05, 3.63) is 51.7 Å². The van der Waals surface area contributed by atoms with Crippen LogP contribution in [0.1, 0.15) is 29.1 Å². The third-order valence-electron chi connectivity index (χ3n) is 5.03. The Morgan fingerprint density at radius 3 is 2.45 bits per heavy atom. The summed E-state index contributed by atoms with van der Waals surface area (Å²) in [5, 5.41) is 5.45. The van der Waals surface area contributed by atoms with E-state index in [0.29, 0.717) is 37.5 Å². The van der Waals surface area contributed by atoms with E-state index in [9.17, 15) is 18.8 Å². The molecule has 1 aliphatic rings. The number of carbonyl (C=O) groups is 3. The number of likely N-dealkylation sites (tertiary alicyclic amines) is 1. The summed E-state index contributed by atoms with van der Waals surface area (Å²) in [4.78, 5) is 42.5. The number of thiazole rings is 1. The van der Waals surface area contributed by atoms with Crippen LogP contribution in [0.5, 0.6) is 0 Å². The number of hydrazine groups is 1. The Kier molecular flexibility index (Phi) is 8.07. The minimum absolute atomic E-state index is 0.0295. The quantitative estimate of drug-likeness (QED) is 0.556. The van der Waals surface area contributed by atoms with Gasteiger partial charge in [0.25, 0.3) is 5.91 Å². The lowest BCUT2D eigenvalue weighted by atomic mass is 9.96. The molecule has 3 N–H and O–H groups in total. The Morgan fingerprint density at radius 2 is 1.81 bits per heavy atom. The fourth-order valence-electron chi connectivity index (χ4n) is 3.34. The number of benzene rings is 1. The zero-order chi connectivity index (χ0) is 22.2. The largest absolute Gasteiger partial charge is 0.352 e. The maximum absolute atomic E-state index is 12.9. The van der Waals surface area contributed by atoms with Crippen molar-refractivity contribution in [3.8, 4) is 0 Å². The van der Waals surface area contributed by atoms with Gasteiger partial charge < -0.3 is 5.32 Å². The molecule has 1 saturated heterocycles. The molecule has 2 heterocycles. The number of nitrogens with one attached hydrogen (secondary N) is 3. The number of carbonyl (C=O) groups excluding carboxylic acids is 3.